The van der Waals surface area contributed by atoms with Crippen molar-refractivity contribution in [1.29, 1.82) is 0 Å². The van der Waals surface area contributed by atoms with Gasteiger partial charge in [-0.2, -0.15) is 5.10 Å². The van der Waals surface area contributed by atoms with Crippen LogP contribution in [0.3, 0.4) is 0 Å². The van der Waals surface area contributed by atoms with Crippen LogP contribution in [0.25, 0.3) is 5.69 Å². The van der Waals surface area contributed by atoms with Crippen LogP contribution in [0.4, 0.5) is 0 Å². The molecule has 0 saturated carbocycles. The molecule has 0 bridgehead atoms. The number of hydrogen-bond donors (Lipinski definition) is 1. The third kappa shape index (κ3) is 3.44. The van der Waals surface area contributed by atoms with Gasteiger partial charge in [0.1, 0.15) is 0 Å². The molecule has 0 radical (unpaired) electrons. The van der Waals surface area contributed by atoms with Gasteiger partial charge in [0.2, 0.25) is 0 Å². The number of likely N-dealkylation sites (tertiary alicyclic amines) is 1. The summed E-state index contributed by atoms with van der Waals surface area (Å²) in [7, 11) is 0. The van der Waals surface area contributed by atoms with E-state index in [4.69, 9.17) is 23.2 Å². The molecule has 26 heavy (non-hydrogen) atoms. The van der Waals surface area contributed by atoms with Crippen LogP contribution in [-0.4, -0.2) is 44.8 Å². The lowest BCUT2D eigenvalue weighted by Crippen LogP contribution is -2.48. The van der Waals surface area contributed by atoms with Gasteiger partial charge in [-0.3, -0.25) is 9.59 Å². The van der Waals surface area contributed by atoms with Gasteiger partial charge in [-0.15, -0.1) is 0 Å². The van der Waals surface area contributed by atoms with Crippen molar-refractivity contribution in [3.63, 3.8) is 0 Å². The van der Waals surface area contributed by atoms with Gasteiger partial charge in [0, 0.05) is 23.8 Å². The predicted octanol–water partition coefficient (Wildman–Crippen LogP) is 3.81. The van der Waals surface area contributed by atoms with E-state index in [0.29, 0.717) is 35.1 Å². The second kappa shape index (κ2) is 6.93. The van der Waals surface area contributed by atoms with Gasteiger partial charge in [-0.1, -0.05) is 23.2 Å². The van der Waals surface area contributed by atoms with E-state index in [-0.39, 0.29) is 18.1 Å². The van der Waals surface area contributed by atoms with Crippen molar-refractivity contribution in [1.82, 2.24) is 14.7 Å². The van der Waals surface area contributed by atoms with Crippen molar-refractivity contribution in [3.05, 3.63) is 45.7 Å². The summed E-state index contributed by atoms with van der Waals surface area (Å²) in [5.74, 6) is -1.16. The van der Waals surface area contributed by atoms with E-state index in [2.05, 4.69) is 5.10 Å². The highest BCUT2D eigenvalue weighted by Crippen LogP contribution is 2.31. The molecule has 0 spiro atoms. The van der Waals surface area contributed by atoms with Crippen LogP contribution >= 0.6 is 23.2 Å². The maximum Gasteiger partial charge on any atom is 0.311 e. The highest BCUT2D eigenvalue weighted by atomic mass is 35.5. The van der Waals surface area contributed by atoms with Crippen molar-refractivity contribution in [2.75, 3.05) is 13.1 Å². The number of aryl methyl sites for hydroxylation is 1. The standard InChI is InChI=1S/C18H19Cl2N3O3/c1-11-8-14(21-23(11)15-5-4-12(19)9-13(15)20)16(24)22-7-3-6-18(2,10-22)17(25)26/h4-5,8-9H,3,6-7,10H2,1-2H3,(H,25,26). The number of carbonyl (C=O) groups excluding carboxylic acids is 1. The number of benzene rings is 1. The molecule has 1 N–H and O–H groups in total. The molecule has 1 atom stereocenters. The van der Waals surface area contributed by atoms with Gasteiger partial charge in [0.25, 0.3) is 5.91 Å². The molecule has 138 valence electrons. The van der Waals surface area contributed by atoms with E-state index in [1.807, 2.05) is 6.92 Å². The number of hydrogen-bond acceptors (Lipinski definition) is 3. The molecule has 1 saturated heterocycles. The molecule has 2 heterocycles. The maximum absolute atomic E-state index is 12.8. The molecule has 6 nitrogen and oxygen atoms in total. The lowest BCUT2D eigenvalue weighted by atomic mass is 9.82. The molecule has 1 amide bonds. The molecular weight excluding hydrogens is 377 g/mol. The summed E-state index contributed by atoms with van der Waals surface area (Å²) in [6.45, 7) is 4.20. The average Bonchev–Trinajstić information content (AvgIpc) is 2.96. The normalized spacial score (nSPS) is 20.2. The summed E-state index contributed by atoms with van der Waals surface area (Å²) >= 11 is 12.2. The number of carbonyl (C=O) groups is 2. The number of carboxylic acid groups (broad SMARTS) is 1. The van der Waals surface area contributed by atoms with Gasteiger partial charge in [-0.05, 0) is 51.0 Å². The number of aliphatic carboxylic acids is 1. The largest absolute Gasteiger partial charge is 0.481 e. The van der Waals surface area contributed by atoms with E-state index in [1.54, 1.807) is 40.8 Å². The smallest absolute Gasteiger partial charge is 0.311 e. The molecule has 1 aromatic heterocycles. The Morgan fingerprint density at radius 2 is 2.00 bits per heavy atom. The fourth-order valence-electron chi connectivity index (χ4n) is 3.23. The van der Waals surface area contributed by atoms with Gasteiger partial charge >= 0.3 is 5.97 Å². The third-order valence-electron chi connectivity index (χ3n) is 4.74. The summed E-state index contributed by atoms with van der Waals surface area (Å²) in [6, 6.07) is 6.74. The van der Waals surface area contributed by atoms with Crippen LogP contribution in [0.15, 0.2) is 24.3 Å². The Kier molecular flexibility index (Phi) is 4.99. The molecule has 2 aromatic rings. The number of amides is 1. The van der Waals surface area contributed by atoms with Gasteiger partial charge < -0.3 is 10.0 Å². The molecule has 0 aliphatic carbocycles. The summed E-state index contributed by atoms with van der Waals surface area (Å²) < 4.78 is 1.59. The molecule has 1 aliphatic rings. The Balaban J connectivity index is 1.89. The topological polar surface area (TPSA) is 75.4 Å². The monoisotopic (exact) mass is 395 g/mol. The molecule has 8 heteroatoms. The number of aromatic nitrogens is 2. The quantitative estimate of drug-likeness (QED) is 0.856. The zero-order valence-electron chi connectivity index (χ0n) is 14.5. The summed E-state index contributed by atoms with van der Waals surface area (Å²) in [6.07, 6.45) is 1.21. The Morgan fingerprint density at radius 1 is 1.27 bits per heavy atom. The van der Waals surface area contributed by atoms with Crippen LogP contribution in [-0.2, 0) is 4.79 Å². The first-order valence-electron chi connectivity index (χ1n) is 8.26. The van der Waals surface area contributed by atoms with E-state index >= 15 is 0 Å². The Labute approximate surface area is 161 Å². The van der Waals surface area contributed by atoms with Crippen molar-refractivity contribution in [2.45, 2.75) is 26.7 Å². The zero-order valence-corrected chi connectivity index (χ0v) is 16.0. The van der Waals surface area contributed by atoms with Crippen molar-refractivity contribution >= 4 is 35.1 Å². The summed E-state index contributed by atoms with van der Waals surface area (Å²) in [4.78, 5) is 25.9. The number of nitrogens with zero attached hydrogens (tertiary/aromatic N) is 3. The second-order valence-corrected chi connectivity index (χ2v) is 7.72. The minimum atomic E-state index is -0.926. The van der Waals surface area contributed by atoms with Gasteiger partial charge in [-0.25, -0.2) is 4.68 Å². The molecular formula is C18H19Cl2N3O3. The number of carboxylic acids is 1. The van der Waals surface area contributed by atoms with Crippen LogP contribution in [0.1, 0.15) is 35.9 Å². The Morgan fingerprint density at radius 3 is 2.65 bits per heavy atom. The SMILES string of the molecule is Cc1cc(C(=O)N2CCCC(C)(C(=O)O)C2)nn1-c1ccc(Cl)cc1Cl. The van der Waals surface area contributed by atoms with Crippen LogP contribution in [0.2, 0.25) is 10.0 Å². The first-order chi connectivity index (χ1) is 12.2. The molecule has 1 fully saturated rings. The molecule has 1 aromatic carbocycles. The third-order valence-corrected chi connectivity index (χ3v) is 5.28. The minimum Gasteiger partial charge on any atom is -0.481 e. The van der Waals surface area contributed by atoms with E-state index in [1.165, 1.54) is 0 Å². The first-order valence-corrected chi connectivity index (χ1v) is 9.02. The van der Waals surface area contributed by atoms with Crippen molar-refractivity contribution < 1.29 is 14.7 Å². The number of piperidine rings is 1. The number of halogens is 2. The number of rotatable bonds is 3. The summed E-state index contributed by atoms with van der Waals surface area (Å²) in [5, 5.41) is 14.8. The fraction of sp³-hybridized carbons (Fsp3) is 0.389. The molecule has 1 aliphatic heterocycles. The lowest BCUT2D eigenvalue weighted by Gasteiger charge is -2.37. The highest BCUT2D eigenvalue weighted by Gasteiger charge is 2.40. The van der Waals surface area contributed by atoms with Gasteiger partial charge in [0.15, 0.2) is 5.69 Å². The Bertz CT molecular complexity index is 881. The molecule has 3 rings (SSSR count). The minimum absolute atomic E-state index is 0.175. The van der Waals surface area contributed by atoms with Crippen LogP contribution in [0.5, 0.6) is 0 Å². The highest BCUT2D eigenvalue weighted by molar-refractivity contribution is 6.35. The zero-order chi connectivity index (χ0) is 19.1. The fourth-order valence-corrected chi connectivity index (χ4v) is 3.71. The Hall–Kier alpha value is -2.05. The van der Waals surface area contributed by atoms with Crippen molar-refractivity contribution in [2.24, 2.45) is 5.41 Å². The second-order valence-electron chi connectivity index (χ2n) is 6.87. The molecule has 1 unspecified atom stereocenters. The van der Waals surface area contributed by atoms with E-state index in [0.717, 1.165) is 5.69 Å². The predicted molar refractivity (Wildman–Crippen MR) is 99.2 cm³/mol. The van der Waals surface area contributed by atoms with Crippen LogP contribution < -0.4 is 0 Å². The van der Waals surface area contributed by atoms with Crippen LogP contribution in [0, 0.1) is 12.3 Å². The van der Waals surface area contributed by atoms with E-state index in [9.17, 15) is 14.7 Å². The maximum atomic E-state index is 12.8. The first kappa shape index (κ1) is 18.7. The van der Waals surface area contributed by atoms with E-state index < -0.39 is 11.4 Å². The van der Waals surface area contributed by atoms with Crippen molar-refractivity contribution in [3.8, 4) is 5.69 Å². The average molecular weight is 396 g/mol. The van der Waals surface area contributed by atoms with Gasteiger partial charge in [0.05, 0.1) is 16.1 Å². The lowest BCUT2D eigenvalue weighted by molar-refractivity contribution is -0.150. The summed E-state index contributed by atoms with van der Waals surface area (Å²) in [5.41, 5.74) is 0.714.